The number of halogens is 3. The molecule has 0 spiro atoms. The van der Waals surface area contributed by atoms with Crippen molar-refractivity contribution in [1.82, 2.24) is 5.32 Å². The van der Waals surface area contributed by atoms with Crippen LogP contribution >= 0.6 is 0 Å². The summed E-state index contributed by atoms with van der Waals surface area (Å²) in [5.41, 5.74) is 2.26. The second-order valence-electron chi connectivity index (χ2n) is 6.54. The average Bonchev–Trinajstić information content (AvgIpc) is 3.11. The minimum Gasteiger partial charge on any atom is -0.493 e. The highest BCUT2D eigenvalue weighted by Gasteiger charge is 2.60. The number of oxime groups is 1. The highest BCUT2D eigenvalue weighted by Crippen LogP contribution is 2.39. The van der Waals surface area contributed by atoms with Gasteiger partial charge in [0.25, 0.3) is 0 Å². The zero-order valence-electron chi connectivity index (χ0n) is 15.9. The minimum absolute atomic E-state index is 0.0427. The van der Waals surface area contributed by atoms with Crippen LogP contribution in [0.3, 0.4) is 0 Å². The molecule has 0 radical (unpaired) electrons. The predicted molar refractivity (Wildman–Crippen MR) is 99.8 cm³/mol. The topological polar surface area (TPSA) is 72.3 Å². The third-order valence-corrected chi connectivity index (χ3v) is 4.55. The fourth-order valence-corrected chi connectivity index (χ4v) is 3.02. The monoisotopic (exact) mass is 410 g/mol. The molecule has 2 N–H and O–H groups in total. The summed E-state index contributed by atoms with van der Waals surface area (Å²) >= 11 is 0. The average molecular weight is 410 g/mol. The van der Waals surface area contributed by atoms with Crippen molar-refractivity contribution in [3.8, 4) is 11.5 Å². The lowest BCUT2D eigenvalue weighted by Crippen LogP contribution is -2.45. The Morgan fingerprint density at radius 1 is 1.14 bits per heavy atom. The molecular weight excluding hydrogens is 389 g/mol. The highest BCUT2D eigenvalue weighted by atomic mass is 19.4. The molecule has 0 bridgehead atoms. The molecule has 2 aromatic rings. The molecule has 3 rings (SSSR count). The van der Waals surface area contributed by atoms with Crippen LogP contribution in [0.5, 0.6) is 11.5 Å². The summed E-state index contributed by atoms with van der Waals surface area (Å²) < 4.78 is 49.3. The van der Waals surface area contributed by atoms with Crippen LogP contribution in [-0.2, 0) is 17.9 Å². The molecule has 156 valence electrons. The smallest absolute Gasteiger partial charge is 0.458 e. The van der Waals surface area contributed by atoms with E-state index in [1.807, 2.05) is 18.2 Å². The standard InChI is InChI=1S/C20H21F3N2O4/c1-27-17-8-4-7-15(18(17)28-2)12-24-11-13-5-3-6-14(9-13)16-10-19(26,29-25-16)20(21,22)23/h3-9,24,26H,10-12H2,1-2H3. The Morgan fingerprint density at radius 3 is 2.55 bits per heavy atom. The van der Waals surface area contributed by atoms with E-state index in [9.17, 15) is 18.3 Å². The largest absolute Gasteiger partial charge is 0.493 e. The first-order valence-corrected chi connectivity index (χ1v) is 8.81. The van der Waals surface area contributed by atoms with E-state index < -0.39 is 18.4 Å². The van der Waals surface area contributed by atoms with Crippen molar-refractivity contribution in [2.45, 2.75) is 31.5 Å². The zero-order chi connectivity index (χ0) is 21.1. The van der Waals surface area contributed by atoms with Crippen LogP contribution in [0.4, 0.5) is 13.2 Å². The number of benzene rings is 2. The molecule has 1 unspecified atom stereocenters. The molecular formula is C20H21F3N2O4. The van der Waals surface area contributed by atoms with Crippen molar-refractivity contribution < 1.29 is 32.6 Å². The van der Waals surface area contributed by atoms with E-state index in [-0.39, 0.29) is 5.71 Å². The summed E-state index contributed by atoms with van der Waals surface area (Å²) in [5, 5.41) is 16.3. The normalized spacial score (nSPS) is 18.9. The van der Waals surface area contributed by atoms with Crippen molar-refractivity contribution in [3.63, 3.8) is 0 Å². The summed E-state index contributed by atoms with van der Waals surface area (Å²) in [4.78, 5) is 4.28. The molecule has 0 fully saturated rings. The van der Waals surface area contributed by atoms with Gasteiger partial charge in [0.15, 0.2) is 11.5 Å². The number of nitrogens with zero attached hydrogens (tertiary/aromatic N) is 1. The molecule has 9 heteroatoms. The lowest BCUT2D eigenvalue weighted by atomic mass is 10.0. The molecule has 0 saturated carbocycles. The van der Waals surface area contributed by atoms with Gasteiger partial charge in [-0.15, -0.1) is 0 Å². The van der Waals surface area contributed by atoms with E-state index in [4.69, 9.17) is 9.47 Å². The Labute approximate surface area is 165 Å². The summed E-state index contributed by atoms with van der Waals surface area (Å²) in [6.45, 7) is 0.967. The van der Waals surface area contributed by atoms with E-state index >= 15 is 0 Å². The second kappa shape index (κ2) is 8.30. The lowest BCUT2D eigenvalue weighted by molar-refractivity contribution is -0.355. The van der Waals surface area contributed by atoms with Crippen molar-refractivity contribution in [2.24, 2.45) is 5.16 Å². The van der Waals surface area contributed by atoms with Crippen molar-refractivity contribution >= 4 is 5.71 Å². The number of rotatable bonds is 7. The molecule has 1 aliphatic rings. The number of para-hydroxylation sites is 1. The van der Waals surface area contributed by atoms with Gasteiger partial charge in [0.05, 0.1) is 26.4 Å². The molecule has 1 heterocycles. The van der Waals surface area contributed by atoms with Gasteiger partial charge in [-0.1, -0.05) is 35.5 Å². The van der Waals surface area contributed by atoms with E-state index in [0.717, 1.165) is 11.1 Å². The van der Waals surface area contributed by atoms with Gasteiger partial charge in [-0.3, -0.25) is 0 Å². The van der Waals surface area contributed by atoms with Crippen LogP contribution in [0.2, 0.25) is 0 Å². The number of methoxy groups -OCH3 is 2. The Bertz CT molecular complexity index is 902. The number of hydrogen-bond donors (Lipinski definition) is 2. The maximum atomic E-state index is 12.9. The van der Waals surface area contributed by atoms with Gasteiger partial charge in [-0.05, 0) is 23.3 Å². The first-order valence-electron chi connectivity index (χ1n) is 8.81. The summed E-state index contributed by atoms with van der Waals surface area (Å²) in [7, 11) is 3.13. The van der Waals surface area contributed by atoms with Crippen molar-refractivity contribution in [1.29, 1.82) is 0 Å². The number of alkyl halides is 3. The van der Waals surface area contributed by atoms with Crippen molar-refractivity contribution in [2.75, 3.05) is 14.2 Å². The van der Waals surface area contributed by atoms with E-state index in [2.05, 4.69) is 15.3 Å². The zero-order valence-corrected chi connectivity index (χ0v) is 15.9. The quantitative estimate of drug-likeness (QED) is 0.732. The third kappa shape index (κ3) is 4.46. The molecule has 6 nitrogen and oxygen atoms in total. The molecule has 0 aliphatic carbocycles. The van der Waals surface area contributed by atoms with Crippen LogP contribution in [0, 0.1) is 0 Å². The van der Waals surface area contributed by atoms with Crippen LogP contribution in [-0.4, -0.2) is 37.0 Å². The Morgan fingerprint density at radius 2 is 1.90 bits per heavy atom. The van der Waals surface area contributed by atoms with Crippen LogP contribution in [0.1, 0.15) is 23.1 Å². The Hall–Kier alpha value is -2.78. The molecule has 0 aromatic heterocycles. The maximum Gasteiger partial charge on any atom is 0.458 e. The van der Waals surface area contributed by atoms with E-state index in [1.165, 1.54) is 0 Å². The Kier molecular flexibility index (Phi) is 5.99. The molecule has 0 saturated heterocycles. The van der Waals surface area contributed by atoms with Gasteiger partial charge in [-0.25, -0.2) is 0 Å². The first-order chi connectivity index (χ1) is 13.8. The molecule has 2 aromatic carbocycles. The van der Waals surface area contributed by atoms with Crippen molar-refractivity contribution in [3.05, 3.63) is 59.2 Å². The summed E-state index contributed by atoms with van der Waals surface area (Å²) in [6, 6.07) is 12.5. The molecule has 1 atom stereocenters. The number of aliphatic hydroxyl groups is 1. The van der Waals surface area contributed by atoms with Gasteiger partial charge in [0, 0.05) is 18.7 Å². The first kappa shape index (κ1) is 20.9. The van der Waals surface area contributed by atoms with Gasteiger partial charge >= 0.3 is 12.0 Å². The molecule has 0 amide bonds. The number of ether oxygens (including phenoxy) is 2. The third-order valence-electron chi connectivity index (χ3n) is 4.55. The van der Waals surface area contributed by atoms with Gasteiger partial charge in [0.2, 0.25) is 0 Å². The minimum atomic E-state index is -4.92. The summed E-state index contributed by atoms with van der Waals surface area (Å²) in [6.07, 6.45) is -5.68. The molecule has 29 heavy (non-hydrogen) atoms. The van der Waals surface area contributed by atoms with E-state index in [0.29, 0.717) is 30.2 Å². The van der Waals surface area contributed by atoms with Gasteiger partial charge < -0.3 is 24.7 Å². The SMILES string of the molecule is COc1cccc(CNCc2cccc(C3=NOC(O)(C(F)(F)F)C3)c2)c1OC. The molecule has 1 aliphatic heterocycles. The van der Waals surface area contributed by atoms with Crippen LogP contribution in [0.25, 0.3) is 0 Å². The van der Waals surface area contributed by atoms with E-state index in [1.54, 1.807) is 38.5 Å². The lowest BCUT2D eigenvalue weighted by Gasteiger charge is -2.22. The highest BCUT2D eigenvalue weighted by molar-refractivity contribution is 6.01. The fourth-order valence-electron chi connectivity index (χ4n) is 3.02. The van der Waals surface area contributed by atoms with Gasteiger partial charge in [-0.2, -0.15) is 13.2 Å². The predicted octanol–water partition coefficient (Wildman–Crippen LogP) is 3.37. The van der Waals surface area contributed by atoms with Crippen LogP contribution in [0.15, 0.2) is 47.6 Å². The fraction of sp³-hybridized carbons (Fsp3) is 0.350. The second-order valence-corrected chi connectivity index (χ2v) is 6.54. The maximum absolute atomic E-state index is 12.9. The van der Waals surface area contributed by atoms with Crippen LogP contribution < -0.4 is 14.8 Å². The summed E-state index contributed by atoms with van der Waals surface area (Å²) in [5.74, 6) is -2.01. The number of hydrogen-bond acceptors (Lipinski definition) is 6. The van der Waals surface area contributed by atoms with Gasteiger partial charge in [0.1, 0.15) is 0 Å². The number of nitrogens with one attached hydrogen (secondary N) is 1. The Balaban J connectivity index is 1.65.